The maximum Gasteiger partial charge on any atom is 0.303 e. The molecule has 5 nitrogen and oxygen atoms in total. The molecule has 5 heteroatoms. The Bertz CT molecular complexity index is 532. The van der Waals surface area contributed by atoms with Crippen molar-refractivity contribution in [3.63, 3.8) is 0 Å². The van der Waals surface area contributed by atoms with Crippen molar-refractivity contribution < 1.29 is 14.7 Å². The number of carboxylic acids is 1. The molecule has 1 amide bonds. The number of amides is 1. The molecule has 1 saturated heterocycles. The number of benzene rings is 1. The van der Waals surface area contributed by atoms with Gasteiger partial charge in [0, 0.05) is 45.7 Å². The second-order valence-corrected chi connectivity index (χ2v) is 6.42. The molecule has 2 atom stereocenters. The van der Waals surface area contributed by atoms with E-state index in [0.717, 1.165) is 25.1 Å². The molecule has 0 spiro atoms. The lowest BCUT2D eigenvalue weighted by molar-refractivity contribution is -0.139. The molecule has 1 N–H and O–H groups in total. The summed E-state index contributed by atoms with van der Waals surface area (Å²) in [5, 5.41) is 9.12. The number of anilines is 1. The highest BCUT2D eigenvalue weighted by Gasteiger charge is 2.31. The number of piperidine rings is 1. The number of likely N-dealkylation sites (tertiary alicyclic amines) is 1. The standard InChI is InChI=1S/C18H26N2O3/c1-14(21)20-11-9-15(12-18(22)23)16(13-20)8-10-19(2)17-6-4-3-5-7-17/h3-7,15-16H,8-13H2,1-2H3,(H,22,23)/t15-,16-/m0/s1. The fourth-order valence-electron chi connectivity index (χ4n) is 3.36. The Morgan fingerprint density at radius 3 is 2.57 bits per heavy atom. The average molecular weight is 318 g/mol. The van der Waals surface area contributed by atoms with Crippen LogP contribution >= 0.6 is 0 Å². The molecule has 126 valence electrons. The Morgan fingerprint density at radius 2 is 1.96 bits per heavy atom. The van der Waals surface area contributed by atoms with Gasteiger partial charge < -0.3 is 14.9 Å². The van der Waals surface area contributed by atoms with Gasteiger partial charge in [-0.05, 0) is 36.8 Å². The number of carbonyl (C=O) groups is 2. The van der Waals surface area contributed by atoms with Gasteiger partial charge in [-0.3, -0.25) is 9.59 Å². The van der Waals surface area contributed by atoms with E-state index in [0.29, 0.717) is 13.1 Å². The zero-order chi connectivity index (χ0) is 16.8. The van der Waals surface area contributed by atoms with Gasteiger partial charge >= 0.3 is 5.97 Å². The zero-order valence-corrected chi connectivity index (χ0v) is 13.9. The first-order valence-electron chi connectivity index (χ1n) is 8.21. The lowest BCUT2D eigenvalue weighted by Gasteiger charge is -2.38. The highest BCUT2D eigenvalue weighted by molar-refractivity contribution is 5.73. The van der Waals surface area contributed by atoms with Crippen LogP contribution < -0.4 is 4.90 Å². The van der Waals surface area contributed by atoms with Crippen molar-refractivity contribution in [1.82, 2.24) is 4.90 Å². The Kier molecular flexibility index (Phi) is 6.02. The van der Waals surface area contributed by atoms with Crippen LogP contribution in [0.4, 0.5) is 5.69 Å². The van der Waals surface area contributed by atoms with Gasteiger partial charge in [-0.1, -0.05) is 18.2 Å². The molecule has 1 fully saturated rings. The molecular formula is C18H26N2O3. The first-order valence-corrected chi connectivity index (χ1v) is 8.21. The lowest BCUT2D eigenvalue weighted by atomic mass is 9.81. The maximum absolute atomic E-state index is 11.6. The minimum absolute atomic E-state index is 0.0835. The molecular weight excluding hydrogens is 292 g/mol. The Hall–Kier alpha value is -2.04. The predicted molar refractivity (Wildman–Crippen MR) is 90.4 cm³/mol. The Labute approximate surface area is 137 Å². The molecule has 0 bridgehead atoms. The Balaban J connectivity index is 1.97. The predicted octanol–water partition coefficient (Wildman–Crippen LogP) is 2.47. The summed E-state index contributed by atoms with van der Waals surface area (Å²) >= 11 is 0. The summed E-state index contributed by atoms with van der Waals surface area (Å²) in [6.07, 6.45) is 1.88. The van der Waals surface area contributed by atoms with Crippen molar-refractivity contribution in [3.05, 3.63) is 30.3 Å². The monoisotopic (exact) mass is 318 g/mol. The minimum atomic E-state index is -0.743. The topological polar surface area (TPSA) is 60.9 Å². The third-order valence-corrected chi connectivity index (χ3v) is 4.81. The van der Waals surface area contributed by atoms with Crippen LogP contribution in [0.3, 0.4) is 0 Å². The number of hydrogen-bond acceptors (Lipinski definition) is 3. The van der Waals surface area contributed by atoms with E-state index in [2.05, 4.69) is 17.0 Å². The first-order chi connectivity index (χ1) is 11.0. The second-order valence-electron chi connectivity index (χ2n) is 6.42. The molecule has 0 saturated carbocycles. The highest BCUT2D eigenvalue weighted by atomic mass is 16.4. The van der Waals surface area contributed by atoms with Gasteiger partial charge in [0.1, 0.15) is 0 Å². The smallest absolute Gasteiger partial charge is 0.303 e. The maximum atomic E-state index is 11.6. The van der Waals surface area contributed by atoms with Crippen LogP contribution in [0.5, 0.6) is 0 Å². The molecule has 1 heterocycles. The van der Waals surface area contributed by atoms with Crippen molar-refractivity contribution in [2.45, 2.75) is 26.2 Å². The first kappa shape index (κ1) is 17.3. The molecule has 1 aliphatic heterocycles. The normalized spacial score (nSPS) is 21.0. The molecule has 0 unspecified atom stereocenters. The van der Waals surface area contributed by atoms with E-state index in [1.54, 1.807) is 6.92 Å². The number of aliphatic carboxylic acids is 1. The van der Waals surface area contributed by atoms with Crippen molar-refractivity contribution in [3.8, 4) is 0 Å². The molecule has 0 radical (unpaired) electrons. The van der Waals surface area contributed by atoms with Gasteiger partial charge in [0.15, 0.2) is 0 Å². The molecule has 0 aromatic heterocycles. The molecule has 1 aliphatic rings. The zero-order valence-electron chi connectivity index (χ0n) is 13.9. The summed E-state index contributed by atoms with van der Waals surface area (Å²) in [7, 11) is 2.05. The highest BCUT2D eigenvalue weighted by Crippen LogP contribution is 2.29. The number of carbonyl (C=O) groups excluding carboxylic acids is 1. The number of nitrogens with zero attached hydrogens (tertiary/aromatic N) is 2. The fraction of sp³-hybridized carbons (Fsp3) is 0.556. The molecule has 1 aromatic carbocycles. The second kappa shape index (κ2) is 7.99. The van der Waals surface area contributed by atoms with E-state index in [1.165, 1.54) is 0 Å². The lowest BCUT2D eigenvalue weighted by Crippen LogP contribution is -2.44. The van der Waals surface area contributed by atoms with Crippen LogP contribution in [-0.4, -0.2) is 48.6 Å². The average Bonchev–Trinajstić information content (AvgIpc) is 2.53. The van der Waals surface area contributed by atoms with Crippen LogP contribution in [0.1, 0.15) is 26.2 Å². The van der Waals surface area contributed by atoms with E-state index in [9.17, 15) is 9.59 Å². The molecule has 23 heavy (non-hydrogen) atoms. The van der Waals surface area contributed by atoms with Gasteiger partial charge in [0.05, 0.1) is 0 Å². The number of rotatable bonds is 6. The van der Waals surface area contributed by atoms with E-state index in [1.807, 2.05) is 30.1 Å². The van der Waals surface area contributed by atoms with Crippen molar-refractivity contribution in [1.29, 1.82) is 0 Å². The van der Waals surface area contributed by atoms with Crippen molar-refractivity contribution >= 4 is 17.6 Å². The SMILES string of the molecule is CC(=O)N1CC[C@@H](CC(=O)O)[C@@H](CCN(C)c2ccccc2)C1. The minimum Gasteiger partial charge on any atom is -0.481 e. The van der Waals surface area contributed by atoms with E-state index in [4.69, 9.17) is 5.11 Å². The quantitative estimate of drug-likeness (QED) is 0.875. The largest absolute Gasteiger partial charge is 0.481 e. The number of carboxylic acid groups (broad SMARTS) is 1. The Morgan fingerprint density at radius 1 is 1.26 bits per heavy atom. The van der Waals surface area contributed by atoms with Gasteiger partial charge in [-0.2, -0.15) is 0 Å². The van der Waals surface area contributed by atoms with Crippen LogP contribution in [0.15, 0.2) is 30.3 Å². The summed E-state index contributed by atoms with van der Waals surface area (Å²) in [6.45, 7) is 3.80. The van der Waals surface area contributed by atoms with Gasteiger partial charge in [-0.15, -0.1) is 0 Å². The number of hydrogen-bond donors (Lipinski definition) is 1. The van der Waals surface area contributed by atoms with Gasteiger partial charge in [-0.25, -0.2) is 0 Å². The molecule has 2 rings (SSSR count). The molecule has 0 aliphatic carbocycles. The third-order valence-electron chi connectivity index (χ3n) is 4.81. The van der Waals surface area contributed by atoms with E-state index < -0.39 is 5.97 Å². The molecule has 1 aromatic rings. The summed E-state index contributed by atoms with van der Waals surface area (Å²) < 4.78 is 0. The van der Waals surface area contributed by atoms with Crippen LogP contribution in [0.25, 0.3) is 0 Å². The number of para-hydroxylation sites is 1. The van der Waals surface area contributed by atoms with Crippen LogP contribution in [0, 0.1) is 11.8 Å². The van der Waals surface area contributed by atoms with Gasteiger partial charge in [0.2, 0.25) is 5.91 Å². The summed E-state index contributed by atoms with van der Waals surface area (Å²) in [6, 6.07) is 10.1. The van der Waals surface area contributed by atoms with Gasteiger partial charge in [0.25, 0.3) is 0 Å². The summed E-state index contributed by atoms with van der Waals surface area (Å²) in [4.78, 5) is 26.8. The van der Waals surface area contributed by atoms with E-state index >= 15 is 0 Å². The summed E-state index contributed by atoms with van der Waals surface area (Å²) in [5.74, 6) is -0.255. The van der Waals surface area contributed by atoms with Crippen molar-refractivity contribution in [2.75, 3.05) is 31.6 Å². The summed E-state index contributed by atoms with van der Waals surface area (Å²) in [5.41, 5.74) is 1.15. The fourth-order valence-corrected chi connectivity index (χ4v) is 3.36. The third kappa shape index (κ3) is 4.98. The van der Waals surface area contributed by atoms with Crippen LogP contribution in [-0.2, 0) is 9.59 Å². The van der Waals surface area contributed by atoms with E-state index in [-0.39, 0.29) is 24.2 Å². The van der Waals surface area contributed by atoms with Crippen LogP contribution in [0.2, 0.25) is 0 Å². The van der Waals surface area contributed by atoms with Crippen molar-refractivity contribution in [2.24, 2.45) is 11.8 Å².